The van der Waals surface area contributed by atoms with E-state index in [-0.39, 0.29) is 11.9 Å². The molecule has 0 atom stereocenters. The van der Waals surface area contributed by atoms with Gasteiger partial charge in [-0.1, -0.05) is 52.4 Å². The molecule has 0 radical (unpaired) electrons. The Morgan fingerprint density at radius 1 is 0.600 bits per heavy atom. The standard InChI is InChI=1S/C16H30O4/c1-3-15(17)19-13-11-9-7-5-6-8-10-12-14-20-16(18)4-2/h3-14H2,1-2H3. The van der Waals surface area contributed by atoms with Gasteiger partial charge in [0.15, 0.2) is 0 Å². The van der Waals surface area contributed by atoms with E-state index in [4.69, 9.17) is 9.47 Å². The van der Waals surface area contributed by atoms with Crippen LogP contribution in [-0.4, -0.2) is 25.2 Å². The fourth-order valence-corrected chi connectivity index (χ4v) is 1.84. The van der Waals surface area contributed by atoms with Crippen LogP contribution in [0.4, 0.5) is 0 Å². The van der Waals surface area contributed by atoms with Gasteiger partial charge in [-0.2, -0.15) is 0 Å². The molecule has 4 heteroatoms. The fourth-order valence-electron chi connectivity index (χ4n) is 1.84. The third-order valence-corrected chi connectivity index (χ3v) is 3.14. The van der Waals surface area contributed by atoms with E-state index in [1.54, 1.807) is 0 Å². The SMILES string of the molecule is CCC(=O)OCCCCCCCCCCOC(=O)CC. The lowest BCUT2D eigenvalue weighted by Crippen LogP contribution is -2.03. The van der Waals surface area contributed by atoms with Crippen LogP contribution in [0.15, 0.2) is 0 Å². The molecule has 0 heterocycles. The number of unbranched alkanes of at least 4 members (excludes halogenated alkanes) is 7. The molecular formula is C16H30O4. The van der Waals surface area contributed by atoms with Crippen molar-refractivity contribution in [3.63, 3.8) is 0 Å². The van der Waals surface area contributed by atoms with Gasteiger partial charge in [-0.25, -0.2) is 0 Å². The summed E-state index contributed by atoms with van der Waals surface area (Å²) >= 11 is 0. The Balaban J connectivity index is 3.06. The zero-order valence-corrected chi connectivity index (χ0v) is 13.1. The lowest BCUT2D eigenvalue weighted by atomic mass is 10.1. The van der Waals surface area contributed by atoms with Gasteiger partial charge in [-0.3, -0.25) is 9.59 Å². The van der Waals surface area contributed by atoms with Crippen molar-refractivity contribution in [1.82, 2.24) is 0 Å². The Labute approximate surface area is 123 Å². The molecule has 0 aromatic heterocycles. The van der Waals surface area contributed by atoms with Crippen LogP contribution in [-0.2, 0) is 19.1 Å². The van der Waals surface area contributed by atoms with Crippen molar-refractivity contribution in [2.45, 2.75) is 78.1 Å². The van der Waals surface area contributed by atoms with Gasteiger partial charge in [-0.05, 0) is 12.8 Å². The minimum atomic E-state index is -0.103. The maximum absolute atomic E-state index is 10.9. The van der Waals surface area contributed by atoms with E-state index in [1.165, 1.54) is 25.7 Å². The maximum atomic E-state index is 10.9. The number of carbonyl (C=O) groups is 2. The predicted octanol–water partition coefficient (Wildman–Crippen LogP) is 4.01. The molecule has 0 rings (SSSR count). The Morgan fingerprint density at radius 2 is 0.900 bits per heavy atom. The van der Waals surface area contributed by atoms with E-state index < -0.39 is 0 Å². The van der Waals surface area contributed by atoms with Crippen LogP contribution in [0.1, 0.15) is 78.1 Å². The number of hydrogen-bond acceptors (Lipinski definition) is 4. The van der Waals surface area contributed by atoms with Crippen molar-refractivity contribution in [3.8, 4) is 0 Å². The first kappa shape index (κ1) is 18.9. The van der Waals surface area contributed by atoms with Crippen LogP contribution < -0.4 is 0 Å². The number of hydrogen-bond donors (Lipinski definition) is 0. The molecule has 0 saturated carbocycles. The van der Waals surface area contributed by atoms with Gasteiger partial charge in [0.2, 0.25) is 0 Å². The second-order valence-corrected chi connectivity index (χ2v) is 4.98. The van der Waals surface area contributed by atoms with Crippen molar-refractivity contribution in [2.75, 3.05) is 13.2 Å². The summed E-state index contributed by atoms with van der Waals surface area (Å²) in [6.45, 7) is 4.75. The van der Waals surface area contributed by atoms with Crippen molar-refractivity contribution in [3.05, 3.63) is 0 Å². The van der Waals surface area contributed by atoms with Gasteiger partial charge in [0.05, 0.1) is 13.2 Å². The van der Waals surface area contributed by atoms with Crippen LogP contribution in [0.3, 0.4) is 0 Å². The Morgan fingerprint density at radius 3 is 1.20 bits per heavy atom. The predicted molar refractivity (Wildman–Crippen MR) is 79.4 cm³/mol. The lowest BCUT2D eigenvalue weighted by molar-refractivity contribution is -0.144. The number of carbonyl (C=O) groups excluding carboxylic acids is 2. The first-order valence-corrected chi connectivity index (χ1v) is 8.02. The second-order valence-electron chi connectivity index (χ2n) is 4.98. The average molecular weight is 286 g/mol. The molecule has 0 fully saturated rings. The van der Waals surface area contributed by atoms with E-state index in [9.17, 15) is 9.59 Å². The largest absolute Gasteiger partial charge is 0.466 e. The molecule has 0 aliphatic rings. The second kappa shape index (κ2) is 14.4. The summed E-state index contributed by atoms with van der Waals surface area (Å²) in [5.74, 6) is -0.206. The van der Waals surface area contributed by atoms with Crippen LogP contribution in [0.25, 0.3) is 0 Å². The highest BCUT2D eigenvalue weighted by atomic mass is 16.5. The normalized spacial score (nSPS) is 10.3. The Kier molecular flexibility index (Phi) is 13.6. The minimum Gasteiger partial charge on any atom is -0.466 e. The zero-order valence-electron chi connectivity index (χ0n) is 13.1. The average Bonchev–Trinajstić information content (AvgIpc) is 2.47. The molecule has 0 bridgehead atoms. The zero-order chi connectivity index (χ0) is 15.1. The molecule has 0 aliphatic carbocycles. The van der Waals surface area contributed by atoms with E-state index >= 15 is 0 Å². The van der Waals surface area contributed by atoms with Gasteiger partial charge in [0, 0.05) is 12.8 Å². The van der Waals surface area contributed by atoms with E-state index in [2.05, 4.69) is 0 Å². The van der Waals surface area contributed by atoms with Crippen molar-refractivity contribution >= 4 is 11.9 Å². The molecule has 0 aliphatic heterocycles. The van der Waals surface area contributed by atoms with Gasteiger partial charge >= 0.3 is 11.9 Å². The van der Waals surface area contributed by atoms with E-state index in [0.29, 0.717) is 26.1 Å². The molecular weight excluding hydrogens is 256 g/mol. The summed E-state index contributed by atoms with van der Waals surface area (Å²) in [4.78, 5) is 21.8. The molecule has 0 saturated heterocycles. The van der Waals surface area contributed by atoms with Gasteiger partial charge in [-0.15, -0.1) is 0 Å². The summed E-state index contributed by atoms with van der Waals surface area (Å²) in [5.41, 5.74) is 0. The van der Waals surface area contributed by atoms with Crippen molar-refractivity contribution < 1.29 is 19.1 Å². The van der Waals surface area contributed by atoms with Gasteiger partial charge in [0.1, 0.15) is 0 Å². The molecule has 4 nitrogen and oxygen atoms in total. The van der Waals surface area contributed by atoms with Crippen molar-refractivity contribution in [1.29, 1.82) is 0 Å². The van der Waals surface area contributed by atoms with Gasteiger partial charge in [0.25, 0.3) is 0 Å². The van der Waals surface area contributed by atoms with Crippen LogP contribution in [0, 0.1) is 0 Å². The molecule has 0 N–H and O–H groups in total. The molecule has 0 aromatic carbocycles. The summed E-state index contributed by atoms with van der Waals surface area (Å²) in [6.07, 6.45) is 10.0. The number of rotatable bonds is 13. The topological polar surface area (TPSA) is 52.6 Å². The lowest BCUT2D eigenvalue weighted by Gasteiger charge is -2.04. The molecule has 0 unspecified atom stereocenters. The highest BCUT2D eigenvalue weighted by Crippen LogP contribution is 2.09. The summed E-state index contributed by atoms with van der Waals surface area (Å²) in [6, 6.07) is 0. The molecule has 118 valence electrons. The quantitative estimate of drug-likeness (QED) is 0.379. The third-order valence-electron chi connectivity index (χ3n) is 3.14. The summed E-state index contributed by atoms with van der Waals surface area (Å²) in [5, 5.41) is 0. The fraction of sp³-hybridized carbons (Fsp3) is 0.875. The Hall–Kier alpha value is -1.06. The maximum Gasteiger partial charge on any atom is 0.305 e. The molecule has 0 spiro atoms. The monoisotopic (exact) mass is 286 g/mol. The molecule has 0 amide bonds. The van der Waals surface area contributed by atoms with Crippen molar-refractivity contribution in [2.24, 2.45) is 0 Å². The number of esters is 2. The summed E-state index contributed by atoms with van der Waals surface area (Å²) < 4.78 is 10.0. The molecule has 0 aromatic rings. The van der Waals surface area contributed by atoms with E-state index in [0.717, 1.165) is 25.7 Å². The third kappa shape index (κ3) is 13.4. The highest BCUT2D eigenvalue weighted by Gasteiger charge is 1.98. The first-order chi connectivity index (χ1) is 9.70. The van der Waals surface area contributed by atoms with Gasteiger partial charge < -0.3 is 9.47 Å². The number of ether oxygens (including phenoxy) is 2. The Bertz CT molecular complexity index is 225. The first-order valence-electron chi connectivity index (χ1n) is 8.02. The van der Waals surface area contributed by atoms with Crippen LogP contribution in [0.5, 0.6) is 0 Å². The van der Waals surface area contributed by atoms with E-state index in [1.807, 2.05) is 13.8 Å². The van der Waals surface area contributed by atoms with Crippen LogP contribution in [0.2, 0.25) is 0 Å². The molecule has 20 heavy (non-hydrogen) atoms. The highest BCUT2D eigenvalue weighted by molar-refractivity contribution is 5.69. The smallest absolute Gasteiger partial charge is 0.305 e. The van der Waals surface area contributed by atoms with Crippen LogP contribution >= 0.6 is 0 Å². The minimum absolute atomic E-state index is 0.103. The summed E-state index contributed by atoms with van der Waals surface area (Å²) in [7, 11) is 0.